The molecule has 182 valence electrons. The average molecular weight is 487 g/mol. The smallest absolute Gasteiger partial charge is 0.243 e. The molecule has 0 spiro atoms. The molecule has 0 unspecified atom stereocenters. The van der Waals surface area contributed by atoms with E-state index in [2.05, 4.69) is 6.92 Å². The maximum absolute atomic E-state index is 13.2. The molecule has 0 saturated carbocycles. The highest BCUT2D eigenvalue weighted by Crippen LogP contribution is 2.30. The molecule has 1 saturated heterocycles. The minimum absolute atomic E-state index is 0.0190. The Kier molecular flexibility index (Phi) is 7.38. The van der Waals surface area contributed by atoms with Gasteiger partial charge in [0, 0.05) is 50.0 Å². The number of carbonyl (C=O) groups excluding carboxylic acids is 1. The van der Waals surface area contributed by atoms with Crippen LogP contribution in [0.3, 0.4) is 0 Å². The normalized spacial score (nSPS) is 15.6. The van der Waals surface area contributed by atoms with E-state index in [-0.39, 0.29) is 29.8 Å². The molecule has 8 heteroatoms. The number of hydrogen-bond donors (Lipinski definition) is 0. The number of sulfonamides is 1. The van der Waals surface area contributed by atoms with Crippen molar-refractivity contribution in [3.63, 3.8) is 0 Å². The summed E-state index contributed by atoms with van der Waals surface area (Å²) < 4.78 is 46.4. The lowest BCUT2D eigenvalue weighted by Gasteiger charge is -2.32. The lowest BCUT2D eigenvalue weighted by Crippen LogP contribution is -2.43. The highest BCUT2D eigenvalue weighted by Gasteiger charge is 2.33. The Morgan fingerprint density at radius 1 is 1.12 bits per heavy atom. The molecule has 1 aromatic heterocycles. The minimum Gasteiger partial charge on any atom is -0.461 e. The molecule has 6 nitrogen and oxygen atoms in total. The van der Waals surface area contributed by atoms with Crippen LogP contribution >= 0.6 is 0 Å². The highest BCUT2D eigenvalue weighted by molar-refractivity contribution is 7.89. The van der Waals surface area contributed by atoms with Crippen molar-refractivity contribution in [2.24, 2.45) is 5.92 Å². The van der Waals surface area contributed by atoms with Gasteiger partial charge in [0.2, 0.25) is 15.9 Å². The molecule has 34 heavy (non-hydrogen) atoms. The third-order valence-electron chi connectivity index (χ3n) is 6.57. The minimum atomic E-state index is -3.70. The molecular formula is C26H31FN2O4S. The van der Waals surface area contributed by atoms with Gasteiger partial charge < -0.3 is 9.32 Å². The fourth-order valence-corrected chi connectivity index (χ4v) is 6.06. The summed E-state index contributed by atoms with van der Waals surface area (Å²) in [5, 5.41) is 1.04. The molecule has 0 bridgehead atoms. The highest BCUT2D eigenvalue weighted by atomic mass is 32.2. The predicted octanol–water partition coefficient (Wildman–Crippen LogP) is 4.97. The number of fused-ring (bicyclic) bond motifs is 1. The van der Waals surface area contributed by atoms with E-state index >= 15 is 0 Å². The molecule has 1 aliphatic rings. The summed E-state index contributed by atoms with van der Waals surface area (Å²) in [5.74, 6) is 0.241. The molecule has 0 N–H and O–H groups in total. The molecule has 0 radical (unpaired) electrons. The van der Waals surface area contributed by atoms with Crippen molar-refractivity contribution in [3.05, 3.63) is 65.7 Å². The number of hydrogen-bond acceptors (Lipinski definition) is 4. The molecular weight excluding hydrogens is 455 g/mol. The van der Waals surface area contributed by atoms with Crippen LogP contribution in [-0.2, 0) is 27.8 Å². The van der Waals surface area contributed by atoms with Gasteiger partial charge in [0.15, 0.2) is 0 Å². The van der Waals surface area contributed by atoms with Gasteiger partial charge in [0.1, 0.15) is 17.2 Å². The van der Waals surface area contributed by atoms with Crippen molar-refractivity contribution in [1.82, 2.24) is 9.21 Å². The molecule has 3 aromatic rings. The van der Waals surface area contributed by atoms with E-state index in [4.69, 9.17) is 4.42 Å². The van der Waals surface area contributed by atoms with Crippen LogP contribution < -0.4 is 0 Å². The Balaban J connectivity index is 1.42. The summed E-state index contributed by atoms with van der Waals surface area (Å²) in [7, 11) is -1.90. The van der Waals surface area contributed by atoms with E-state index in [0.717, 1.165) is 53.7 Å². The number of aryl methyl sites for hydroxylation is 1. The number of amides is 1. The molecule has 1 aliphatic heterocycles. The summed E-state index contributed by atoms with van der Waals surface area (Å²) in [5.41, 5.74) is 1.89. The largest absolute Gasteiger partial charge is 0.461 e. The van der Waals surface area contributed by atoms with Gasteiger partial charge in [-0.05, 0) is 49.6 Å². The number of benzene rings is 2. The molecule has 4 rings (SSSR count). The summed E-state index contributed by atoms with van der Waals surface area (Å²) in [4.78, 5) is 15.0. The number of piperidine rings is 1. The quantitative estimate of drug-likeness (QED) is 0.451. The summed E-state index contributed by atoms with van der Waals surface area (Å²) in [6, 6.07) is 12.8. The van der Waals surface area contributed by atoms with Gasteiger partial charge in [0.25, 0.3) is 0 Å². The maximum Gasteiger partial charge on any atom is 0.243 e. The van der Waals surface area contributed by atoms with Crippen LogP contribution in [0.1, 0.15) is 43.9 Å². The monoisotopic (exact) mass is 486 g/mol. The van der Waals surface area contributed by atoms with E-state index in [1.165, 1.54) is 16.4 Å². The number of nitrogens with zero attached hydrogens (tertiary/aromatic N) is 2. The van der Waals surface area contributed by atoms with Crippen LogP contribution in [0.25, 0.3) is 11.0 Å². The number of carbonyl (C=O) groups is 1. The first-order valence-corrected chi connectivity index (χ1v) is 13.2. The van der Waals surface area contributed by atoms with E-state index < -0.39 is 15.8 Å². The molecule has 0 aliphatic carbocycles. The van der Waals surface area contributed by atoms with Crippen LogP contribution in [0, 0.1) is 11.7 Å². The Bertz CT molecular complexity index is 1250. The molecule has 0 atom stereocenters. The second-order valence-corrected chi connectivity index (χ2v) is 10.9. The molecule has 1 fully saturated rings. The van der Waals surface area contributed by atoms with E-state index in [1.807, 2.05) is 24.3 Å². The van der Waals surface area contributed by atoms with Crippen molar-refractivity contribution in [2.45, 2.75) is 50.5 Å². The number of para-hydroxylation sites is 1. The fraction of sp³-hybridized carbons (Fsp3) is 0.423. The van der Waals surface area contributed by atoms with E-state index in [1.54, 1.807) is 11.9 Å². The van der Waals surface area contributed by atoms with Crippen molar-refractivity contribution >= 4 is 26.9 Å². The van der Waals surface area contributed by atoms with Crippen molar-refractivity contribution in [1.29, 1.82) is 0 Å². The lowest BCUT2D eigenvalue weighted by molar-refractivity contribution is -0.135. The van der Waals surface area contributed by atoms with Crippen LogP contribution in [0.4, 0.5) is 4.39 Å². The Labute approximate surface area is 200 Å². The molecule has 2 heterocycles. The second kappa shape index (κ2) is 10.3. The maximum atomic E-state index is 13.2. The van der Waals surface area contributed by atoms with Crippen molar-refractivity contribution in [3.8, 4) is 0 Å². The summed E-state index contributed by atoms with van der Waals surface area (Å²) >= 11 is 0. The SMILES string of the molecule is CCCCc1oc2ccccc2c1CN(C)C(=O)C1CCN(S(=O)(=O)c2ccc(F)cc2)CC1. The van der Waals surface area contributed by atoms with Gasteiger partial charge in [-0.25, -0.2) is 12.8 Å². The molecule has 1 amide bonds. The van der Waals surface area contributed by atoms with Crippen LogP contribution in [0.5, 0.6) is 0 Å². The zero-order chi connectivity index (χ0) is 24.3. The first-order valence-electron chi connectivity index (χ1n) is 11.8. The summed E-state index contributed by atoms with van der Waals surface area (Å²) in [6.45, 7) is 3.13. The standard InChI is InChI=1S/C26H31FN2O4S/c1-3-4-8-25-23(22-7-5-6-9-24(22)33-25)18-28(2)26(30)19-14-16-29(17-15-19)34(31,32)21-12-10-20(27)11-13-21/h5-7,9-13,19H,3-4,8,14-18H2,1-2H3. The first kappa shape index (κ1) is 24.4. The Morgan fingerprint density at radius 3 is 2.47 bits per heavy atom. The van der Waals surface area contributed by atoms with Gasteiger partial charge in [0.05, 0.1) is 4.90 Å². The molecule has 2 aromatic carbocycles. The second-order valence-electron chi connectivity index (χ2n) is 8.93. The number of unbranched alkanes of at least 4 members (excludes halogenated alkanes) is 1. The van der Waals surface area contributed by atoms with Gasteiger partial charge in [-0.2, -0.15) is 4.31 Å². The zero-order valence-corrected chi connectivity index (χ0v) is 20.5. The van der Waals surface area contributed by atoms with Gasteiger partial charge in [-0.3, -0.25) is 4.79 Å². The number of furan rings is 1. The Morgan fingerprint density at radius 2 is 1.79 bits per heavy atom. The topological polar surface area (TPSA) is 70.8 Å². The van der Waals surface area contributed by atoms with Crippen molar-refractivity contribution in [2.75, 3.05) is 20.1 Å². The van der Waals surface area contributed by atoms with Crippen LogP contribution in [-0.4, -0.2) is 43.7 Å². The van der Waals surface area contributed by atoms with Gasteiger partial charge in [-0.1, -0.05) is 31.5 Å². The van der Waals surface area contributed by atoms with Crippen LogP contribution in [0.2, 0.25) is 0 Å². The predicted molar refractivity (Wildman–Crippen MR) is 129 cm³/mol. The average Bonchev–Trinajstić information content (AvgIpc) is 3.19. The number of halogens is 1. The summed E-state index contributed by atoms with van der Waals surface area (Å²) in [6.07, 6.45) is 3.83. The van der Waals surface area contributed by atoms with E-state index in [9.17, 15) is 17.6 Å². The van der Waals surface area contributed by atoms with Crippen molar-refractivity contribution < 1.29 is 22.0 Å². The third kappa shape index (κ3) is 5.03. The zero-order valence-electron chi connectivity index (χ0n) is 19.7. The number of rotatable bonds is 8. The first-order chi connectivity index (χ1) is 16.3. The Hall–Kier alpha value is -2.71. The fourth-order valence-electron chi connectivity index (χ4n) is 4.59. The van der Waals surface area contributed by atoms with E-state index in [0.29, 0.717) is 19.4 Å². The van der Waals surface area contributed by atoms with Crippen LogP contribution in [0.15, 0.2) is 57.8 Å². The lowest BCUT2D eigenvalue weighted by atomic mass is 9.96. The van der Waals surface area contributed by atoms with Gasteiger partial charge >= 0.3 is 0 Å². The van der Waals surface area contributed by atoms with Gasteiger partial charge in [-0.15, -0.1) is 0 Å². The third-order valence-corrected chi connectivity index (χ3v) is 8.48.